The van der Waals surface area contributed by atoms with Gasteiger partial charge in [-0.3, -0.25) is 4.79 Å². The molecule has 2 N–H and O–H groups in total. The highest BCUT2D eigenvalue weighted by Gasteiger charge is 2.29. The second-order valence-electron chi connectivity index (χ2n) is 4.18. The van der Waals surface area contributed by atoms with E-state index < -0.39 is 12.0 Å². The van der Waals surface area contributed by atoms with Crippen molar-refractivity contribution in [3.63, 3.8) is 0 Å². The lowest BCUT2D eigenvalue weighted by Crippen LogP contribution is -2.10. The molecule has 0 radical (unpaired) electrons. The molecule has 0 saturated heterocycles. The summed E-state index contributed by atoms with van der Waals surface area (Å²) < 4.78 is 0. The lowest BCUT2D eigenvalue weighted by Gasteiger charge is -2.08. The van der Waals surface area contributed by atoms with Gasteiger partial charge in [0.25, 0.3) is 5.91 Å². The number of amides is 1. The summed E-state index contributed by atoms with van der Waals surface area (Å²) in [5.74, 6) is -0.409. The van der Waals surface area contributed by atoms with Crippen LogP contribution in [0.2, 0.25) is 5.02 Å². The van der Waals surface area contributed by atoms with E-state index in [4.69, 9.17) is 11.6 Å². The van der Waals surface area contributed by atoms with E-state index in [1.54, 1.807) is 12.1 Å². The van der Waals surface area contributed by atoms with Gasteiger partial charge in [-0.2, -0.15) is 0 Å². The van der Waals surface area contributed by atoms with Crippen molar-refractivity contribution in [3.8, 4) is 0 Å². The summed E-state index contributed by atoms with van der Waals surface area (Å²) >= 11 is 7.72. The zero-order chi connectivity index (χ0) is 13.4. The van der Waals surface area contributed by atoms with Crippen LogP contribution in [0, 0.1) is 0 Å². The van der Waals surface area contributed by atoms with Gasteiger partial charge >= 0.3 is 0 Å². The van der Waals surface area contributed by atoms with E-state index in [1.165, 1.54) is 11.8 Å². The normalized spacial score (nSPS) is 17.2. The monoisotopic (exact) mass is 291 g/mol. The van der Waals surface area contributed by atoms with Gasteiger partial charge in [0.15, 0.2) is 6.10 Å². The minimum absolute atomic E-state index is 0.409. The molecular formula is C14H10ClNO2S. The Morgan fingerprint density at radius 2 is 1.95 bits per heavy atom. The van der Waals surface area contributed by atoms with Gasteiger partial charge in [0.1, 0.15) is 0 Å². The quantitative estimate of drug-likeness (QED) is 0.890. The first kappa shape index (κ1) is 12.5. The maximum atomic E-state index is 11.4. The third kappa shape index (κ3) is 2.34. The van der Waals surface area contributed by atoms with E-state index >= 15 is 0 Å². The fourth-order valence-electron chi connectivity index (χ4n) is 1.94. The predicted molar refractivity (Wildman–Crippen MR) is 75.6 cm³/mol. The number of hydrogen-bond donors (Lipinski definition) is 2. The Bertz CT molecular complexity index is 645. The van der Waals surface area contributed by atoms with Gasteiger partial charge < -0.3 is 10.4 Å². The highest BCUT2D eigenvalue weighted by molar-refractivity contribution is 7.99. The molecule has 1 aliphatic rings. The third-order valence-corrected chi connectivity index (χ3v) is 4.37. The molecule has 5 heteroatoms. The number of benzene rings is 2. The zero-order valence-electron chi connectivity index (χ0n) is 9.76. The highest BCUT2D eigenvalue weighted by atomic mass is 35.5. The van der Waals surface area contributed by atoms with E-state index in [0.717, 1.165) is 9.79 Å². The lowest BCUT2D eigenvalue weighted by atomic mass is 10.1. The van der Waals surface area contributed by atoms with Crippen LogP contribution in [-0.2, 0) is 4.79 Å². The predicted octanol–water partition coefficient (Wildman–Crippen LogP) is 3.48. The standard InChI is InChI=1S/C14H10ClNO2S/c15-10-6-9-11(16-14(18)13(9)17)7-12(10)19-8-4-2-1-3-5-8/h1-7,13,17H,(H,16,18). The fourth-order valence-corrected chi connectivity index (χ4v) is 3.11. The van der Waals surface area contributed by atoms with Crippen LogP contribution >= 0.6 is 23.4 Å². The maximum absolute atomic E-state index is 11.4. The number of anilines is 1. The van der Waals surface area contributed by atoms with Crippen LogP contribution in [0.5, 0.6) is 0 Å². The molecule has 2 aromatic rings. The molecule has 0 spiro atoms. The van der Waals surface area contributed by atoms with Crippen LogP contribution in [0.25, 0.3) is 0 Å². The molecule has 3 rings (SSSR count). The lowest BCUT2D eigenvalue weighted by molar-refractivity contribution is -0.123. The maximum Gasteiger partial charge on any atom is 0.257 e. The van der Waals surface area contributed by atoms with Crippen molar-refractivity contribution in [1.29, 1.82) is 0 Å². The van der Waals surface area contributed by atoms with Crippen LogP contribution in [0.1, 0.15) is 11.7 Å². The Labute approximate surface area is 119 Å². The Kier molecular flexibility index (Phi) is 3.22. The van der Waals surface area contributed by atoms with Crippen molar-refractivity contribution < 1.29 is 9.90 Å². The van der Waals surface area contributed by atoms with Crippen LogP contribution < -0.4 is 5.32 Å². The van der Waals surface area contributed by atoms with Crippen molar-refractivity contribution in [2.75, 3.05) is 5.32 Å². The Balaban J connectivity index is 1.97. The number of halogens is 1. The highest BCUT2D eigenvalue weighted by Crippen LogP contribution is 2.40. The first-order chi connectivity index (χ1) is 9.15. The van der Waals surface area contributed by atoms with Gasteiger partial charge in [-0.1, -0.05) is 41.6 Å². The van der Waals surface area contributed by atoms with Crippen molar-refractivity contribution in [3.05, 3.63) is 53.1 Å². The molecule has 3 nitrogen and oxygen atoms in total. The summed E-state index contributed by atoms with van der Waals surface area (Å²) in [5.41, 5.74) is 1.16. The van der Waals surface area contributed by atoms with E-state index in [9.17, 15) is 9.90 Å². The van der Waals surface area contributed by atoms with E-state index in [-0.39, 0.29) is 0 Å². The van der Waals surface area contributed by atoms with Crippen LogP contribution in [0.15, 0.2) is 52.3 Å². The molecule has 0 bridgehead atoms. The molecule has 1 aliphatic heterocycles. The van der Waals surface area contributed by atoms with Gasteiger partial charge in [-0.25, -0.2) is 0 Å². The van der Waals surface area contributed by atoms with Gasteiger partial charge in [0, 0.05) is 21.0 Å². The molecule has 0 aromatic heterocycles. The molecule has 96 valence electrons. The average molecular weight is 292 g/mol. The fraction of sp³-hybridized carbons (Fsp3) is 0.0714. The van der Waals surface area contributed by atoms with Gasteiger partial charge in [0.05, 0.1) is 5.02 Å². The first-order valence-corrected chi connectivity index (χ1v) is 6.90. The number of aliphatic hydroxyl groups excluding tert-OH is 1. The van der Waals surface area contributed by atoms with E-state index in [2.05, 4.69) is 5.32 Å². The molecule has 19 heavy (non-hydrogen) atoms. The minimum atomic E-state index is -1.12. The summed E-state index contributed by atoms with van der Waals surface area (Å²) in [6, 6.07) is 13.3. The average Bonchev–Trinajstić information content (AvgIpc) is 2.67. The van der Waals surface area contributed by atoms with E-state index in [0.29, 0.717) is 16.3 Å². The van der Waals surface area contributed by atoms with Gasteiger partial charge in [0.2, 0.25) is 0 Å². The molecule has 0 aliphatic carbocycles. The van der Waals surface area contributed by atoms with Crippen molar-refractivity contribution in [2.45, 2.75) is 15.9 Å². The summed E-state index contributed by atoms with van der Waals surface area (Å²) in [7, 11) is 0. The minimum Gasteiger partial charge on any atom is -0.378 e. The molecule has 0 saturated carbocycles. The molecule has 1 heterocycles. The summed E-state index contributed by atoms with van der Waals surface area (Å²) in [6.07, 6.45) is -1.12. The summed E-state index contributed by atoms with van der Waals surface area (Å²) in [4.78, 5) is 13.3. The largest absolute Gasteiger partial charge is 0.378 e. The van der Waals surface area contributed by atoms with Crippen molar-refractivity contribution in [1.82, 2.24) is 0 Å². The second kappa shape index (κ2) is 4.89. The van der Waals surface area contributed by atoms with Crippen molar-refractivity contribution in [2.24, 2.45) is 0 Å². The molecule has 1 atom stereocenters. The third-order valence-electron chi connectivity index (χ3n) is 2.88. The van der Waals surface area contributed by atoms with Crippen LogP contribution in [0.3, 0.4) is 0 Å². The second-order valence-corrected chi connectivity index (χ2v) is 5.70. The summed E-state index contributed by atoms with van der Waals surface area (Å²) in [6.45, 7) is 0. The Morgan fingerprint density at radius 3 is 2.68 bits per heavy atom. The topological polar surface area (TPSA) is 49.3 Å². The smallest absolute Gasteiger partial charge is 0.257 e. The van der Waals surface area contributed by atoms with Crippen LogP contribution in [0.4, 0.5) is 5.69 Å². The van der Waals surface area contributed by atoms with Gasteiger partial charge in [-0.05, 0) is 24.3 Å². The molecule has 1 unspecified atom stereocenters. The molecular weight excluding hydrogens is 282 g/mol. The van der Waals surface area contributed by atoms with Crippen molar-refractivity contribution >= 4 is 35.0 Å². The number of carbonyl (C=O) groups is 1. The Morgan fingerprint density at radius 1 is 1.21 bits per heavy atom. The molecule has 0 fully saturated rings. The number of rotatable bonds is 2. The number of aliphatic hydroxyl groups is 1. The first-order valence-electron chi connectivity index (χ1n) is 5.70. The van der Waals surface area contributed by atoms with Gasteiger partial charge in [-0.15, -0.1) is 0 Å². The molecule has 1 amide bonds. The number of carbonyl (C=O) groups excluding carboxylic acids is 1. The van der Waals surface area contributed by atoms with E-state index in [1.807, 2.05) is 30.3 Å². The number of nitrogens with one attached hydrogen (secondary N) is 1. The van der Waals surface area contributed by atoms with Crippen LogP contribution in [-0.4, -0.2) is 11.0 Å². The zero-order valence-corrected chi connectivity index (χ0v) is 11.3. The number of fused-ring (bicyclic) bond motifs is 1. The Hall–Kier alpha value is -1.49. The SMILES string of the molecule is O=C1Nc2cc(Sc3ccccc3)c(Cl)cc2C1O. The summed E-state index contributed by atoms with van der Waals surface area (Å²) in [5, 5.41) is 12.8. The number of hydrogen-bond acceptors (Lipinski definition) is 3. The molecule has 2 aromatic carbocycles.